The highest BCUT2D eigenvalue weighted by atomic mass is 16.5. The van der Waals surface area contributed by atoms with Gasteiger partial charge in [0.25, 0.3) is 0 Å². The van der Waals surface area contributed by atoms with Gasteiger partial charge in [-0.2, -0.15) is 5.10 Å². The highest BCUT2D eigenvalue weighted by molar-refractivity contribution is 5.31. The molecule has 100 valence electrons. The van der Waals surface area contributed by atoms with Crippen LogP contribution < -0.4 is 4.74 Å². The molecule has 0 unspecified atom stereocenters. The molecule has 0 amide bonds. The zero-order chi connectivity index (χ0) is 13.8. The van der Waals surface area contributed by atoms with Crippen LogP contribution >= 0.6 is 0 Å². The first-order valence-electron chi connectivity index (χ1n) is 6.33. The maximum atomic E-state index is 9.20. The maximum absolute atomic E-state index is 9.20. The van der Waals surface area contributed by atoms with Crippen LogP contribution in [0.4, 0.5) is 0 Å². The average molecular weight is 266 g/mol. The molecule has 0 radical (unpaired) electrons. The quantitative estimate of drug-likeness (QED) is 0.789. The maximum Gasteiger partial charge on any atom is 0.132 e. The molecule has 1 N–H and O–H groups in total. The second kappa shape index (κ2) is 5.48. The van der Waals surface area contributed by atoms with E-state index in [0.29, 0.717) is 12.4 Å². The molecule has 0 bridgehead atoms. The topological polar surface area (TPSA) is 47.3 Å². The van der Waals surface area contributed by atoms with Crippen molar-refractivity contribution in [3.63, 3.8) is 0 Å². The predicted octanol–water partition coefficient (Wildman–Crippen LogP) is 3.16. The lowest BCUT2D eigenvalue weighted by atomic mass is 10.3. The number of benzene rings is 2. The molecule has 0 saturated heterocycles. The monoisotopic (exact) mass is 266 g/mol. The number of phenols is 1. The van der Waals surface area contributed by atoms with Gasteiger partial charge in [-0.1, -0.05) is 18.2 Å². The summed E-state index contributed by atoms with van der Waals surface area (Å²) in [6, 6.07) is 18.5. The first-order valence-corrected chi connectivity index (χ1v) is 6.33. The van der Waals surface area contributed by atoms with Gasteiger partial charge in [0.15, 0.2) is 0 Å². The number of nitrogens with zero attached hydrogens (tertiary/aromatic N) is 2. The summed E-state index contributed by atoms with van der Waals surface area (Å²) in [7, 11) is 0. The molecule has 0 atom stereocenters. The number of hydrogen-bond donors (Lipinski definition) is 1. The predicted molar refractivity (Wildman–Crippen MR) is 76.0 cm³/mol. The fourth-order valence-electron chi connectivity index (χ4n) is 1.86. The largest absolute Gasteiger partial charge is 0.508 e. The lowest BCUT2D eigenvalue weighted by Gasteiger charge is -2.04. The van der Waals surface area contributed by atoms with Gasteiger partial charge in [-0.3, -0.25) is 0 Å². The van der Waals surface area contributed by atoms with E-state index in [9.17, 15) is 5.11 Å². The van der Waals surface area contributed by atoms with Crippen molar-refractivity contribution in [2.24, 2.45) is 0 Å². The van der Waals surface area contributed by atoms with Crippen LogP contribution in [-0.4, -0.2) is 14.9 Å². The van der Waals surface area contributed by atoms with E-state index in [4.69, 9.17) is 4.74 Å². The van der Waals surface area contributed by atoms with E-state index in [1.807, 2.05) is 47.3 Å². The Morgan fingerprint density at radius 2 is 1.70 bits per heavy atom. The van der Waals surface area contributed by atoms with Crippen molar-refractivity contribution in [1.82, 2.24) is 9.78 Å². The van der Waals surface area contributed by atoms with Gasteiger partial charge in [0.1, 0.15) is 23.8 Å². The number of aromatic nitrogens is 2. The summed E-state index contributed by atoms with van der Waals surface area (Å²) in [4.78, 5) is 0. The first-order chi connectivity index (χ1) is 9.81. The van der Waals surface area contributed by atoms with Crippen LogP contribution in [0.25, 0.3) is 5.69 Å². The van der Waals surface area contributed by atoms with Gasteiger partial charge in [-0.25, -0.2) is 4.68 Å². The molecule has 1 heterocycles. The zero-order valence-corrected chi connectivity index (χ0v) is 10.8. The van der Waals surface area contributed by atoms with E-state index in [0.717, 1.165) is 11.4 Å². The summed E-state index contributed by atoms with van der Waals surface area (Å²) in [6.07, 6.45) is 1.91. The van der Waals surface area contributed by atoms with Crippen LogP contribution in [0.3, 0.4) is 0 Å². The van der Waals surface area contributed by atoms with Gasteiger partial charge >= 0.3 is 0 Å². The fourth-order valence-corrected chi connectivity index (χ4v) is 1.86. The number of phenolic OH excluding ortho intramolecular Hbond substituents is 1. The molecule has 2 aromatic carbocycles. The third-order valence-electron chi connectivity index (χ3n) is 2.89. The van der Waals surface area contributed by atoms with Gasteiger partial charge in [-0.05, 0) is 42.5 Å². The number of aromatic hydroxyl groups is 1. The van der Waals surface area contributed by atoms with Gasteiger partial charge in [0.05, 0.1) is 5.69 Å². The van der Waals surface area contributed by atoms with Crippen LogP contribution in [-0.2, 0) is 6.61 Å². The molecule has 0 saturated carbocycles. The Morgan fingerprint density at radius 1 is 0.950 bits per heavy atom. The number of ether oxygens (including phenoxy) is 1. The van der Waals surface area contributed by atoms with Gasteiger partial charge in [0, 0.05) is 6.20 Å². The summed E-state index contributed by atoms with van der Waals surface area (Å²) < 4.78 is 7.42. The van der Waals surface area contributed by atoms with Crippen LogP contribution in [0.5, 0.6) is 11.5 Å². The molecule has 20 heavy (non-hydrogen) atoms. The molecule has 4 heteroatoms. The summed E-state index contributed by atoms with van der Waals surface area (Å²) in [5, 5.41) is 13.7. The summed E-state index contributed by atoms with van der Waals surface area (Å²) >= 11 is 0. The third-order valence-corrected chi connectivity index (χ3v) is 2.89. The highest BCUT2D eigenvalue weighted by Gasteiger charge is 2.02. The van der Waals surface area contributed by atoms with Crippen LogP contribution in [0, 0.1) is 0 Å². The van der Waals surface area contributed by atoms with Crippen molar-refractivity contribution in [3.8, 4) is 17.2 Å². The Morgan fingerprint density at radius 3 is 2.45 bits per heavy atom. The molecule has 0 spiro atoms. The second-order valence-electron chi connectivity index (χ2n) is 4.37. The molecule has 3 aromatic rings. The van der Waals surface area contributed by atoms with Crippen molar-refractivity contribution < 1.29 is 9.84 Å². The molecule has 4 nitrogen and oxygen atoms in total. The third kappa shape index (κ3) is 2.80. The molecular formula is C16H14N2O2. The van der Waals surface area contributed by atoms with Crippen LogP contribution in [0.15, 0.2) is 66.9 Å². The van der Waals surface area contributed by atoms with E-state index in [2.05, 4.69) is 5.10 Å². The highest BCUT2D eigenvalue weighted by Crippen LogP contribution is 2.17. The molecule has 0 aliphatic heterocycles. The standard InChI is InChI=1S/C16H14N2O2/c19-15-6-8-16(9-7-15)20-12-13-10-11-18(17-13)14-4-2-1-3-5-14/h1-11,19H,12H2. The summed E-state index contributed by atoms with van der Waals surface area (Å²) in [5.74, 6) is 0.933. The minimum atomic E-state index is 0.228. The van der Waals surface area contributed by atoms with E-state index in [-0.39, 0.29) is 5.75 Å². The van der Waals surface area contributed by atoms with E-state index >= 15 is 0 Å². The van der Waals surface area contributed by atoms with E-state index in [1.54, 1.807) is 24.3 Å². The SMILES string of the molecule is Oc1ccc(OCc2ccn(-c3ccccc3)n2)cc1. The number of para-hydroxylation sites is 1. The Bertz CT molecular complexity index is 675. The summed E-state index contributed by atoms with van der Waals surface area (Å²) in [5.41, 5.74) is 1.87. The molecule has 0 fully saturated rings. The van der Waals surface area contributed by atoms with Crippen molar-refractivity contribution in [2.45, 2.75) is 6.61 Å². The molecule has 0 aliphatic rings. The minimum Gasteiger partial charge on any atom is -0.508 e. The molecule has 0 aliphatic carbocycles. The molecular weight excluding hydrogens is 252 g/mol. The Hall–Kier alpha value is -2.75. The molecule has 3 rings (SSSR count). The lowest BCUT2D eigenvalue weighted by molar-refractivity contribution is 0.300. The van der Waals surface area contributed by atoms with Crippen molar-refractivity contribution in [1.29, 1.82) is 0 Å². The lowest BCUT2D eigenvalue weighted by Crippen LogP contribution is -1.99. The van der Waals surface area contributed by atoms with E-state index < -0.39 is 0 Å². The average Bonchev–Trinajstić information content (AvgIpc) is 2.97. The normalized spacial score (nSPS) is 10.4. The summed E-state index contributed by atoms with van der Waals surface area (Å²) in [6.45, 7) is 0.393. The fraction of sp³-hybridized carbons (Fsp3) is 0.0625. The smallest absolute Gasteiger partial charge is 0.132 e. The molecule has 1 aromatic heterocycles. The number of hydrogen-bond acceptors (Lipinski definition) is 3. The second-order valence-corrected chi connectivity index (χ2v) is 4.37. The van der Waals surface area contributed by atoms with Crippen molar-refractivity contribution in [2.75, 3.05) is 0 Å². The van der Waals surface area contributed by atoms with Gasteiger partial charge < -0.3 is 9.84 Å². The van der Waals surface area contributed by atoms with Crippen LogP contribution in [0.1, 0.15) is 5.69 Å². The number of rotatable bonds is 4. The van der Waals surface area contributed by atoms with E-state index in [1.165, 1.54) is 0 Å². The van der Waals surface area contributed by atoms with Crippen molar-refractivity contribution >= 4 is 0 Å². The first kappa shape index (κ1) is 12.3. The minimum absolute atomic E-state index is 0.228. The van der Waals surface area contributed by atoms with Crippen molar-refractivity contribution in [3.05, 3.63) is 72.6 Å². The Balaban J connectivity index is 1.67. The van der Waals surface area contributed by atoms with Crippen LogP contribution in [0.2, 0.25) is 0 Å². The Kier molecular flexibility index (Phi) is 3.37. The van der Waals surface area contributed by atoms with Gasteiger partial charge in [0.2, 0.25) is 0 Å². The zero-order valence-electron chi connectivity index (χ0n) is 10.8. The van der Waals surface area contributed by atoms with Gasteiger partial charge in [-0.15, -0.1) is 0 Å². The Labute approximate surface area is 116 Å².